The summed E-state index contributed by atoms with van der Waals surface area (Å²) < 4.78 is 0. The molecule has 1 saturated carbocycles. The Balaban J connectivity index is 1.78. The van der Waals surface area contributed by atoms with E-state index in [4.69, 9.17) is 0 Å². The monoisotopic (exact) mass is 190 g/mol. The van der Waals surface area contributed by atoms with Gasteiger partial charge < -0.3 is 5.32 Å². The van der Waals surface area contributed by atoms with Gasteiger partial charge in [-0.15, -0.1) is 0 Å². The fourth-order valence-electron chi connectivity index (χ4n) is 1.80. The molecule has 14 heavy (non-hydrogen) atoms. The quantitative estimate of drug-likeness (QED) is 0.788. The minimum Gasteiger partial charge on any atom is -0.310 e. The van der Waals surface area contributed by atoms with Gasteiger partial charge in [0, 0.05) is 24.5 Å². The van der Waals surface area contributed by atoms with Gasteiger partial charge in [-0.2, -0.15) is 0 Å². The summed E-state index contributed by atoms with van der Waals surface area (Å²) in [5, 5.41) is 3.55. The number of pyridine rings is 1. The Bertz CT molecular complexity index is 292. The number of rotatable bonds is 4. The largest absolute Gasteiger partial charge is 0.310 e. The van der Waals surface area contributed by atoms with Crippen molar-refractivity contribution in [3.8, 4) is 0 Å². The normalized spacial score (nSPS) is 25.0. The third-order valence-corrected chi connectivity index (χ3v) is 2.99. The van der Waals surface area contributed by atoms with Gasteiger partial charge in [-0.25, -0.2) is 0 Å². The Morgan fingerprint density at radius 2 is 2.36 bits per heavy atom. The van der Waals surface area contributed by atoms with Gasteiger partial charge in [0.15, 0.2) is 0 Å². The van der Waals surface area contributed by atoms with Crippen LogP contribution < -0.4 is 5.32 Å². The fraction of sp³-hybridized carbons (Fsp3) is 0.583. The Kier molecular flexibility index (Phi) is 2.82. The van der Waals surface area contributed by atoms with Crippen molar-refractivity contribution in [1.29, 1.82) is 0 Å². The van der Waals surface area contributed by atoms with Crippen molar-refractivity contribution in [2.24, 2.45) is 5.92 Å². The van der Waals surface area contributed by atoms with Crippen molar-refractivity contribution in [2.45, 2.75) is 39.3 Å². The van der Waals surface area contributed by atoms with E-state index >= 15 is 0 Å². The molecule has 1 aromatic rings. The molecule has 1 aliphatic rings. The molecule has 0 radical (unpaired) electrons. The van der Waals surface area contributed by atoms with Crippen LogP contribution in [0.4, 0.5) is 0 Å². The van der Waals surface area contributed by atoms with E-state index in [0.717, 1.165) is 24.2 Å². The van der Waals surface area contributed by atoms with E-state index < -0.39 is 0 Å². The van der Waals surface area contributed by atoms with Crippen LogP contribution in [0.25, 0.3) is 0 Å². The molecule has 0 bridgehead atoms. The lowest BCUT2D eigenvalue weighted by Crippen LogP contribution is -2.17. The molecule has 2 unspecified atom stereocenters. The molecule has 2 heteroatoms. The van der Waals surface area contributed by atoms with Gasteiger partial charge in [0.05, 0.1) is 0 Å². The van der Waals surface area contributed by atoms with Gasteiger partial charge in [-0.3, -0.25) is 4.98 Å². The lowest BCUT2D eigenvalue weighted by atomic mass is 10.2. The molecule has 0 aliphatic heterocycles. The average molecular weight is 190 g/mol. The predicted molar refractivity (Wildman–Crippen MR) is 58.0 cm³/mol. The molecular weight excluding hydrogens is 172 g/mol. The first-order valence-electron chi connectivity index (χ1n) is 5.44. The summed E-state index contributed by atoms with van der Waals surface area (Å²) in [5.74, 6) is 0.924. The number of nitrogens with one attached hydrogen (secondary N) is 1. The molecule has 1 heterocycles. The van der Waals surface area contributed by atoms with Crippen LogP contribution in [-0.2, 0) is 6.54 Å². The molecule has 0 spiro atoms. The molecule has 2 nitrogen and oxygen atoms in total. The molecule has 0 amide bonds. The summed E-state index contributed by atoms with van der Waals surface area (Å²) in [5.41, 5.74) is 2.38. The van der Waals surface area contributed by atoms with Crippen LogP contribution in [0, 0.1) is 12.8 Å². The summed E-state index contributed by atoms with van der Waals surface area (Å²) >= 11 is 0. The molecule has 76 valence electrons. The number of hydrogen-bond donors (Lipinski definition) is 1. The molecule has 0 aromatic carbocycles. The Morgan fingerprint density at radius 3 is 2.93 bits per heavy atom. The number of aryl methyl sites for hydroxylation is 1. The molecular formula is C12H18N2. The molecule has 2 atom stereocenters. The highest BCUT2D eigenvalue weighted by Crippen LogP contribution is 2.33. The smallest absolute Gasteiger partial charge is 0.0372 e. The van der Waals surface area contributed by atoms with Crippen molar-refractivity contribution in [3.63, 3.8) is 0 Å². The standard InChI is InChI=1S/C12H18N2/c1-3-11-6-12(11)14-8-10-5-4-9(2)13-7-10/h4-5,7,11-12,14H,3,6,8H2,1-2H3. The third-order valence-electron chi connectivity index (χ3n) is 2.99. The topological polar surface area (TPSA) is 24.9 Å². The Hall–Kier alpha value is -0.890. The SMILES string of the molecule is CCC1CC1NCc1ccc(C)nc1. The number of aromatic nitrogens is 1. The van der Waals surface area contributed by atoms with E-state index in [1.54, 1.807) is 0 Å². The summed E-state index contributed by atoms with van der Waals surface area (Å²) in [6.07, 6.45) is 4.63. The van der Waals surface area contributed by atoms with Crippen molar-refractivity contribution in [1.82, 2.24) is 10.3 Å². The van der Waals surface area contributed by atoms with E-state index in [9.17, 15) is 0 Å². The van der Waals surface area contributed by atoms with Gasteiger partial charge in [0.25, 0.3) is 0 Å². The molecule has 1 aliphatic carbocycles. The lowest BCUT2D eigenvalue weighted by Gasteiger charge is -2.03. The highest BCUT2D eigenvalue weighted by molar-refractivity contribution is 5.13. The maximum atomic E-state index is 4.28. The second-order valence-electron chi connectivity index (χ2n) is 4.20. The van der Waals surface area contributed by atoms with Crippen LogP contribution in [-0.4, -0.2) is 11.0 Å². The van der Waals surface area contributed by atoms with Gasteiger partial charge in [0.2, 0.25) is 0 Å². The van der Waals surface area contributed by atoms with Crippen molar-refractivity contribution < 1.29 is 0 Å². The van der Waals surface area contributed by atoms with Crippen LogP contribution >= 0.6 is 0 Å². The molecule has 1 fully saturated rings. The summed E-state index contributed by atoms with van der Waals surface area (Å²) in [4.78, 5) is 4.28. The van der Waals surface area contributed by atoms with E-state index in [1.165, 1.54) is 18.4 Å². The molecule has 2 rings (SSSR count). The lowest BCUT2D eigenvalue weighted by molar-refractivity contribution is 0.622. The van der Waals surface area contributed by atoms with Gasteiger partial charge >= 0.3 is 0 Å². The zero-order chi connectivity index (χ0) is 9.97. The van der Waals surface area contributed by atoms with Crippen LogP contribution in [0.2, 0.25) is 0 Å². The van der Waals surface area contributed by atoms with Crippen LogP contribution in [0.15, 0.2) is 18.3 Å². The fourth-order valence-corrected chi connectivity index (χ4v) is 1.80. The Morgan fingerprint density at radius 1 is 1.50 bits per heavy atom. The predicted octanol–water partition coefficient (Wildman–Crippen LogP) is 2.28. The highest BCUT2D eigenvalue weighted by atomic mass is 15.0. The van der Waals surface area contributed by atoms with Crippen LogP contribution in [0.1, 0.15) is 31.0 Å². The van der Waals surface area contributed by atoms with E-state index in [-0.39, 0.29) is 0 Å². The second-order valence-corrected chi connectivity index (χ2v) is 4.20. The Labute approximate surface area is 85.7 Å². The van der Waals surface area contributed by atoms with Crippen molar-refractivity contribution in [2.75, 3.05) is 0 Å². The maximum Gasteiger partial charge on any atom is 0.0372 e. The van der Waals surface area contributed by atoms with E-state index in [1.807, 2.05) is 13.1 Å². The zero-order valence-electron chi connectivity index (χ0n) is 8.96. The summed E-state index contributed by atoms with van der Waals surface area (Å²) in [6, 6.07) is 4.99. The maximum absolute atomic E-state index is 4.28. The van der Waals surface area contributed by atoms with Gasteiger partial charge in [0.1, 0.15) is 0 Å². The number of hydrogen-bond acceptors (Lipinski definition) is 2. The minimum atomic E-state index is 0.765. The molecule has 1 aromatic heterocycles. The zero-order valence-corrected chi connectivity index (χ0v) is 8.96. The first-order chi connectivity index (χ1) is 6.79. The second kappa shape index (κ2) is 4.09. The first-order valence-corrected chi connectivity index (χ1v) is 5.44. The van der Waals surface area contributed by atoms with Gasteiger partial charge in [-0.1, -0.05) is 19.4 Å². The highest BCUT2D eigenvalue weighted by Gasteiger charge is 2.34. The third kappa shape index (κ3) is 2.32. The van der Waals surface area contributed by atoms with E-state index in [2.05, 4.69) is 29.4 Å². The van der Waals surface area contributed by atoms with Crippen LogP contribution in [0.5, 0.6) is 0 Å². The minimum absolute atomic E-state index is 0.765. The summed E-state index contributed by atoms with van der Waals surface area (Å²) in [7, 11) is 0. The molecule has 0 saturated heterocycles. The van der Waals surface area contributed by atoms with Crippen molar-refractivity contribution >= 4 is 0 Å². The average Bonchev–Trinajstić information content (AvgIpc) is 2.96. The van der Waals surface area contributed by atoms with E-state index in [0.29, 0.717) is 0 Å². The van der Waals surface area contributed by atoms with Crippen molar-refractivity contribution in [3.05, 3.63) is 29.6 Å². The number of nitrogens with zero attached hydrogens (tertiary/aromatic N) is 1. The molecule has 1 N–H and O–H groups in total. The summed E-state index contributed by atoms with van der Waals surface area (Å²) in [6.45, 7) is 5.25. The van der Waals surface area contributed by atoms with Crippen LogP contribution in [0.3, 0.4) is 0 Å². The van der Waals surface area contributed by atoms with Gasteiger partial charge in [-0.05, 0) is 30.9 Å². The first kappa shape index (κ1) is 9.66.